The number of carbonyl (C=O) groups excluding carboxylic acids is 2. The summed E-state index contributed by atoms with van der Waals surface area (Å²) in [6.45, 7) is 10.3. The lowest BCUT2D eigenvalue weighted by Crippen LogP contribution is -2.42. The van der Waals surface area contributed by atoms with E-state index in [2.05, 4.69) is 0 Å². The number of rotatable bonds is 3. The van der Waals surface area contributed by atoms with Crippen molar-refractivity contribution in [1.82, 2.24) is 4.90 Å². The molecule has 1 fully saturated rings. The van der Waals surface area contributed by atoms with Crippen LogP contribution < -0.4 is 4.74 Å². The van der Waals surface area contributed by atoms with Crippen LogP contribution in [0.25, 0.3) is 0 Å². The van der Waals surface area contributed by atoms with Crippen molar-refractivity contribution >= 4 is 17.7 Å². The number of carbonyl (C=O) groups is 2. The number of hydrogen-bond acceptors (Lipinski definition) is 6. The van der Waals surface area contributed by atoms with Gasteiger partial charge < -0.3 is 14.4 Å². The normalized spacial score (nSPS) is 14.6. The maximum absolute atomic E-state index is 12.1. The van der Waals surface area contributed by atoms with E-state index in [-0.39, 0.29) is 23.3 Å². The second-order valence-electron chi connectivity index (χ2n) is 6.91. The summed E-state index contributed by atoms with van der Waals surface area (Å²) in [6, 6.07) is 5.31. The minimum absolute atomic E-state index is 0.0713. The van der Waals surface area contributed by atoms with Gasteiger partial charge in [0, 0.05) is 25.2 Å². The molecule has 0 radical (unpaired) electrons. The highest BCUT2D eigenvalue weighted by Crippen LogP contribution is 2.23. The number of nitro benzene ring substituents is 1. The van der Waals surface area contributed by atoms with Gasteiger partial charge in [-0.3, -0.25) is 14.9 Å². The molecule has 0 aliphatic carbocycles. The van der Waals surface area contributed by atoms with Crippen LogP contribution in [0, 0.1) is 16.0 Å². The lowest BCUT2D eigenvalue weighted by atomic mass is 9.97. The van der Waals surface area contributed by atoms with Crippen LogP contribution in [0.15, 0.2) is 24.3 Å². The molecule has 1 saturated heterocycles. The maximum atomic E-state index is 12.1. The Hall–Kier alpha value is -2.64. The minimum atomic E-state index is -0.531. The van der Waals surface area contributed by atoms with E-state index in [0.717, 1.165) is 0 Å². The monoisotopic (exact) mass is 380 g/mol. The number of likely N-dealkylation sites (tertiary alicyclic amines) is 1. The first-order chi connectivity index (χ1) is 12.7. The Morgan fingerprint density at radius 2 is 1.63 bits per heavy atom. The topological polar surface area (TPSA) is 99.0 Å². The standard InChI is InChI=1S/C17H22N2O6.C2H6/c1-17(2,3)25-15(20)12-8-10-18(11-9-12)16(21)24-14-6-4-13(5-7-14)19(22)23;1-2/h4-7,12H,8-11H2,1-3H3;1-2H3. The van der Waals surface area contributed by atoms with Crippen LogP contribution in [0.5, 0.6) is 5.75 Å². The number of nitro groups is 1. The first kappa shape index (κ1) is 22.4. The van der Waals surface area contributed by atoms with Crippen LogP contribution in [0.1, 0.15) is 47.5 Å². The molecule has 27 heavy (non-hydrogen) atoms. The van der Waals surface area contributed by atoms with Crippen LogP contribution in [0.4, 0.5) is 10.5 Å². The Morgan fingerprint density at radius 3 is 2.07 bits per heavy atom. The zero-order valence-electron chi connectivity index (χ0n) is 16.6. The van der Waals surface area contributed by atoms with E-state index in [1.54, 1.807) is 0 Å². The lowest BCUT2D eigenvalue weighted by Gasteiger charge is -2.31. The van der Waals surface area contributed by atoms with Gasteiger partial charge in [-0.05, 0) is 45.7 Å². The average Bonchev–Trinajstić information content (AvgIpc) is 2.62. The fourth-order valence-electron chi connectivity index (χ4n) is 2.48. The fourth-order valence-corrected chi connectivity index (χ4v) is 2.48. The minimum Gasteiger partial charge on any atom is -0.460 e. The van der Waals surface area contributed by atoms with Crippen molar-refractivity contribution < 1.29 is 24.0 Å². The van der Waals surface area contributed by atoms with Crippen molar-refractivity contribution in [2.75, 3.05) is 13.1 Å². The highest BCUT2D eigenvalue weighted by Gasteiger charge is 2.31. The van der Waals surface area contributed by atoms with Gasteiger partial charge in [0.25, 0.3) is 5.69 Å². The number of amides is 1. The van der Waals surface area contributed by atoms with E-state index < -0.39 is 16.6 Å². The van der Waals surface area contributed by atoms with Crippen molar-refractivity contribution in [3.05, 3.63) is 34.4 Å². The Morgan fingerprint density at radius 1 is 1.11 bits per heavy atom. The quantitative estimate of drug-likeness (QED) is 0.443. The van der Waals surface area contributed by atoms with Gasteiger partial charge in [0.2, 0.25) is 0 Å². The number of nitrogens with zero attached hydrogens (tertiary/aromatic N) is 2. The van der Waals surface area contributed by atoms with E-state index in [1.165, 1.54) is 29.2 Å². The first-order valence-electron chi connectivity index (χ1n) is 9.10. The largest absolute Gasteiger partial charge is 0.460 e. The van der Waals surface area contributed by atoms with Gasteiger partial charge in [-0.1, -0.05) is 13.8 Å². The van der Waals surface area contributed by atoms with Crippen molar-refractivity contribution in [3.63, 3.8) is 0 Å². The molecule has 1 heterocycles. The Labute approximate surface area is 159 Å². The highest BCUT2D eigenvalue weighted by atomic mass is 16.6. The van der Waals surface area contributed by atoms with Crippen LogP contribution in [-0.4, -0.2) is 40.6 Å². The molecule has 1 aromatic rings. The molecule has 0 bridgehead atoms. The molecule has 2 rings (SSSR count). The molecule has 8 nitrogen and oxygen atoms in total. The number of esters is 1. The predicted molar refractivity (Wildman–Crippen MR) is 101 cm³/mol. The predicted octanol–water partition coefficient (Wildman–Crippen LogP) is 4.17. The summed E-state index contributed by atoms with van der Waals surface area (Å²) in [7, 11) is 0. The van der Waals surface area contributed by atoms with Gasteiger partial charge >= 0.3 is 12.1 Å². The molecule has 0 saturated carbocycles. The molecule has 1 amide bonds. The van der Waals surface area contributed by atoms with Gasteiger partial charge in [0.1, 0.15) is 11.4 Å². The molecule has 0 unspecified atom stereocenters. The summed E-state index contributed by atoms with van der Waals surface area (Å²) in [5, 5.41) is 10.6. The van der Waals surface area contributed by atoms with Crippen LogP contribution >= 0.6 is 0 Å². The maximum Gasteiger partial charge on any atom is 0.415 e. The van der Waals surface area contributed by atoms with Gasteiger partial charge in [-0.25, -0.2) is 4.79 Å². The average molecular weight is 380 g/mol. The number of piperidine rings is 1. The van der Waals surface area contributed by atoms with Crippen molar-refractivity contribution in [1.29, 1.82) is 0 Å². The number of benzene rings is 1. The second kappa shape index (κ2) is 9.89. The summed E-state index contributed by atoms with van der Waals surface area (Å²) in [5.41, 5.74) is -0.596. The Bertz CT molecular complexity index is 643. The van der Waals surface area contributed by atoms with Gasteiger partial charge in [0.05, 0.1) is 10.8 Å². The van der Waals surface area contributed by atoms with E-state index in [1.807, 2.05) is 34.6 Å². The Kier molecular flexibility index (Phi) is 8.21. The van der Waals surface area contributed by atoms with Gasteiger partial charge in [-0.2, -0.15) is 0 Å². The lowest BCUT2D eigenvalue weighted by molar-refractivity contribution is -0.384. The SMILES string of the molecule is CC.CC(C)(C)OC(=O)C1CCN(C(=O)Oc2ccc([N+](=O)[O-])cc2)CC1. The summed E-state index contributed by atoms with van der Waals surface area (Å²) >= 11 is 0. The van der Waals surface area contributed by atoms with E-state index in [9.17, 15) is 19.7 Å². The first-order valence-corrected chi connectivity index (χ1v) is 9.10. The zero-order valence-corrected chi connectivity index (χ0v) is 16.6. The third-order valence-corrected chi connectivity index (χ3v) is 3.75. The molecule has 0 atom stereocenters. The molecule has 1 aliphatic heterocycles. The van der Waals surface area contributed by atoms with Gasteiger partial charge in [-0.15, -0.1) is 0 Å². The third-order valence-electron chi connectivity index (χ3n) is 3.75. The van der Waals surface area contributed by atoms with E-state index in [4.69, 9.17) is 9.47 Å². The van der Waals surface area contributed by atoms with E-state index in [0.29, 0.717) is 25.9 Å². The molecule has 0 N–H and O–H groups in total. The molecular weight excluding hydrogens is 352 g/mol. The van der Waals surface area contributed by atoms with E-state index >= 15 is 0 Å². The molecule has 1 aliphatic rings. The molecule has 1 aromatic carbocycles. The molecule has 150 valence electrons. The second-order valence-corrected chi connectivity index (χ2v) is 6.91. The van der Waals surface area contributed by atoms with Crippen molar-refractivity contribution in [3.8, 4) is 5.75 Å². The molecule has 8 heteroatoms. The van der Waals surface area contributed by atoms with Gasteiger partial charge in [0.15, 0.2) is 0 Å². The fraction of sp³-hybridized carbons (Fsp3) is 0.579. The van der Waals surface area contributed by atoms with Crippen LogP contribution in [0.2, 0.25) is 0 Å². The summed E-state index contributed by atoms with van der Waals surface area (Å²) < 4.78 is 10.6. The number of ether oxygens (including phenoxy) is 2. The van der Waals surface area contributed by atoms with Crippen LogP contribution in [-0.2, 0) is 9.53 Å². The molecule has 0 aromatic heterocycles. The number of non-ortho nitro benzene ring substituents is 1. The van der Waals surface area contributed by atoms with Crippen molar-refractivity contribution in [2.45, 2.75) is 53.1 Å². The molecular formula is C19H28N2O6. The third kappa shape index (κ3) is 7.24. The number of hydrogen-bond donors (Lipinski definition) is 0. The molecule has 0 spiro atoms. The van der Waals surface area contributed by atoms with Crippen molar-refractivity contribution in [2.24, 2.45) is 5.92 Å². The highest BCUT2D eigenvalue weighted by molar-refractivity contribution is 5.74. The smallest absolute Gasteiger partial charge is 0.415 e. The summed E-state index contributed by atoms with van der Waals surface area (Å²) in [4.78, 5) is 35.8. The Balaban J connectivity index is 0.00000176. The summed E-state index contributed by atoms with van der Waals surface area (Å²) in [6.07, 6.45) is 0.505. The zero-order chi connectivity index (χ0) is 20.6. The van der Waals surface area contributed by atoms with Crippen LogP contribution in [0.3, 0.4) is 0 Å². The summed E-state index contributed by atoms with van der Waals surface area (Å²) in [5.74, 6) is -0.219.